The van der Waals surface area contributed by atoms with Crippen LogP contribution in [0.1, 0.15) is 133 Å². The molecule has 9 heteroatoms. The summed E-state index contributed by atoms with van der Waals surface area (Å²) in [6.07, 6.45) is 32.5. The number of nitrogens with zero attached hydrogens (tertiary/aromatic N) is 2. The largest absolute Gasteiger partial charge is 0.545 e. The maximum atomic E-state index is 12.5. The van der Waals surface area contributed by atoms with E-state index in [2.05, 4.69) is 41.8 Å². The minimum Gasteiger partial charge on any atom is -0.545 e. The van der Waals surface area contributed by atoms with E-state index in [-0.39, 0.29) is 0 Å². The van der Waals surface area contributed by atoms with Crippen molar-refractivity contribution in [3.05, 3.63) is 53.4 Å². The van der Waals surface area contributed by atoms with E-state index in [1.54, 1.807) is 0 Å². The molecule has 4 nitrogen and oxygen atoms in total. The first-order valence-electron chi connectivity index (χ1n) is 14.9. The first kappa shape index (κ1) is 35.6. The average Bonchev–Trinajstić information content (AvgIpc) is 3.35. The fourth-order valence-electron chi connectivity index (χ4n) is 4.61. The lowest BCUT2D eigenvalue weighted by Gasteiger charge is -2.07. The number of imidazole rings is 1. The van der Waals surface area contributed by atoms with Crippen LogP contribution in [-0.2, 0) is 13.6 Å². The van der Waals surface area contributed by atoms with Crippen LogP contribution in [0.4, 0.5) is 22.0 Å². The number of unbranched alkanes of at least 4 members (excludes halogenated alkanes) is 17. The first-order valence-corrected chi connectivity index (χ1v) is 14.9. The fraction of sp³-hybridized carbons (Fsp3) is 0.677. The third kappa shape index (κ3) is 14.3. The Kier molecular flexibility index (Phi) is 19.0. The minimum atomic E-state index is -2.47. The van der Waals surface area contributed by atoms with Gasteiger partial charge in [0.15, 0.2) is 23.3 Å². The predicted molar refractivity (Wildman–Crippen MR) is 145 cm³/mol. The van der Waals surface area contributed by atoms with Crippen LogP contribution < -0.4 is 9.67 Å². The van der Waals surface area contributed by atoms with E-state index in [0.717, 1.165) is 0 Å². The lowest BCUT2D eigenvalue weighted by molar-refractivity contribution is -0.671. The van der Waals surface area contributed by atoms with Crippen molar-refractivity contribution in [1.82, 2.24) is 4.57 Å². The van der Waals surface area contributed by atoms with Crippen LogP contribution in [0.5, 0.6) is 0 Å². The van der Waals surface area contributed by atoms with E-state index >= 15 is 0 Å². The van der Waals surface area contributed by atoms with Gasteiger partial charge in [-0.1, -0.05) is 110 Å². The van der Waals surface area contributed by atoms with E-state index < -0.39 is 40.6 Å². The summed E-state index contributed by atoms with van der Waals surface area (Å²) in [6, 6.07) is 0. The molecule has 0 N–H and O–H groups in total. The molecule has 0 saturated heterocycles. The zero-order chi connectivity index (χ0) is 29.8. The van der Waals surface area contributed by atoms with Gasteiger partial charge in [0.1, 0.15) is 12.4 Å². The van der Waals surface area contributed by atoms with Crippen molar-refractivity contribution in [3.8, 4) is 0 Å². The number of halogens is 5. The first-order chi connectivity index (χ1) is 19.2. The van der Waals surface area contributed by atoms with Gasteiger partial charge >= 0.3 is 0 Å². The number of hydrogen-bond acceptors (Lipinski definition) is 2. The highest BCUT2D eigenvalue weighted by Gasteiger charge is 2.25. The van der Waals surface area contributed by atoms with E-state index in [1.807, 2.05) is 0 Å². The van der Waals surface area contributed by atoms with Crippen LogP contribution in [0.15, 0.2) is 18.7 Å². The highest BCUT2D eigenvalue weighted by atomic mass is 19.2. The standard InChI is InChI=1S/C24H47N2.C7HF5O2/c1-3-4-5-6-7-8-9-10-11-12-13-14-15-16-17-18-19-20-21-26-23-22-25(2)24-26;8-2-1(7(13)14)3(9)5(11)6(12)4(2)10/h22-24H,3-21H2,1-2H3;(H,13,14)/q+1;/p-1. The number of aryl methyl sites for hydroxylation is 2. The summed E-state index contributed by atoms with van der Waals surface area (Å²) >= 11 is 0. The minimum absolute atomic E-state index is 1.18. The molecule has 2 rings (SSSR count). The van der Waals surface area contributed by atoms with E-state index in [0.29, 0.717) is 0 Å². The Labute approximate surface area is 236 Å². The highest BCUT2D eigenvalue weighted by Crippen LogP contribution is 2.22. The van der Waals surface area contributed by atoms with Crippen molar-refractivity contribution >= 4 is 5.97 Å². The second-order valence-corrected chi connectivity index (χ2v) is 10.6. The predicted octanol–water partition coefficient (Wildman–Crippen LogP) is 8.10. The van der Waals surface area contributed by atoms with Gasteiger partial charge in [-0.05, 0) is 12.8 Å². The summed E-state index contributed by atoms with van der Waals surface area (Å²) < 4.78 is 66.4. The molecule has 40 heavy (non-hydrogen) atoms. The van der Waals surface area contributed by atoms with E-state index in [4.69, 9.17) is 0 Å². The number of aromatic carboxylic acids is 1. The molecule has 0 bridgehead atoms. The number of carbonyl (C=O) groups is 1. The molecule has 0 aliphatic rings. The number of carbonyl (C=O) groups excluding carboxylic acids is 1. The van der Waals surface area contributed by atoms with Crippen molar-refractivity contribution in [1.29, 1.82) is 0 Å². The Morgan fingerprint density at radius 3 is 1.32 bits per heavy atom. The average molecular weight is 575 g/mol. The van der Waals surface area contributed by atoms with Gasteiger partial charge in [0, 0.05) is 0 Å². The van der Waals surface area contributed by atoms with Gasteiger partial charge in [-0.25, -0.2) is 31.1 Å². The Hall–Kier alpha value is -2.45. The second kappa shape index (κ2) is 21.3. The molecule has 0 atom stereocenters. The molecule has 0 amide bonds. The quantitative estimate of drug-likeness (QED) is 0.0528. The van der Waals surface area contributed by atoms with Gasteiger partial charge in [0.25, 0.3) is 0 Å². The lowest BCUT2D eigenvalue weighted by Crippen LogP contribution is -2.26. The zero-order valence-electron chi connectivity index (χ0n) is 24.3. The van der Waals surface area contributed by atoms with Gasteiger partial charge < -0.3 is 9.90 Å². The molecule has 1 heterocycles. The van der Waals surface area contributed by atoms with Crippen molar-refractivity contribution < 1.29 is 36.4 Å². The van der Waals surface area contributed by atoms with Crippen molar-refractivity contribution in [2.45, 2.75) is 129 Å². The van der Waals surface area contributed by atoms with Crippen molar-refractivity contribution in [2.75, 3.05) is 0 Å². The molecule has 0 fully saturated rings. The van der Waals surface area contributed by atoms with E-state index in [1.165, 1.54) is 122 Å². The Bertz CT molecular complexity index is 952. The van der Waals surface area contributed by atoms with Gasteiger partial charge in [-0.2, -0.15) is 0 Å². The number of hydrogen-bond donors (Lipinski definition) is 0. The molecule has 0 radical (unpaired) electrons. The topological polar surface area (TPSA) is 48.9 Å². The summed E-state index contributed by atoms with van der Waals surface area (Å²) in [5.74, 6) is -14.4. The van der Waals surface area contributed by atoms with Crippen LogP contribution in [-0.4, -0.2) is 10.5 Å². The molecule has 228 valence electrons. The lowest BCUT2D eigenvalue weighted by atomic mass is 10.0. The van der Waals surface area contributed by atoms with Crippen molar-refractivity contribution in [2.24, 2.45) is 7.05 Å². The molecule has 0 saturated carbocycles. The number of rotatable bonds is 20. The highest BCUT2D eigenvalue weighted by molar-refractivity contribution is 5.86. The Morgan fingerprint density at radius 2 is 1.00 bits per heavy atom. The van der Waals surface area contributed by atoms with E-state index in [9.17, 15) is 31.9 Å². The number of aromatic nitrogens is 2. The van der Waals surface area contributed by atoms with Crippen molar-refractivity contribution in [3.63, 3.8) is 0 Å². The zero-order valence-corrected chi connectivity index (χ0v) is 24.3. The Balaban J connectivity index is 0.000000479. The number of carboxylic acid groups (broad SMARTS) is 1. The molecular formula is C31H47F5N2O2. The summed E-state index contributed by atoms with van der Waals surface area (Å²) in [5, 5.41) is 10.0. The summed E-state index contributed by atoms with van der Waals surface area (Å²) in [7, 11) is 2.09. The van der Waals surface area contributed by atoms with Crippen LogP contribution in [0.2, 0.25) is 0 Å². The van der Waals surface area contributed by atoms with Crippen LogP contribution in [0, 0.1) is 29.1 Å². The molecule has 2 aromatic rings. The van der Waals surface area contributed by atoms with Crippen LogP contribution in [0.3, 0.4) is 0 Å². The van der Waals surface area contributed by atoms with Gasteiger partial charge in [-0.15, -0.1) is 0 Å². The maximum absolute atomic E-state index is 12.5. The molecule has 0 aliphatic carbocycles. The Morgan fingerprint density at radius 1 is 0.650 bits per heavy atom. The third-order valence-corrected chi connectivity index (χ3v) is 7.01. The van der Waals surface area contributed by atoms with Gasteiger partial charge in [-0.3, -0.25) is 0 Å². The summed E-state index contributed by atoms with van der Waals surface area (Å²) in [4.78, 5) is 10.0. The summed E-state index contributed by atoms with van der Waals surface area (Å²) in [5.41, 5.74) is -1.97. The SMILES string of the molecule is CCCCCCCCCCCCCCCCCCCCn1cc[n+](C)c1.O=C([O-])c1c(F)c(F)c(F)c(F)c1F. The van der Waals surface area contributed by atoms with Crippen LogP contribution in [0.25, 0.3) is 0 Å². The normalized spacial score (nSPS) is 11.0. The second-order valence-electron chi connectivity index (χ2n) is 10.6. The van der Waals surface area contributed by atoms with Gasteiger partial charge in [0.2, 0.25) is 12.1 Å². The molecule has 1 aromatic heterocycles. The smallest absolute Gasteiger partial charge is 0.243 e. The molecule has 0 spiro atoms. The monoisotopic (exact) mass is 574 g/mol. The number of benzene rings is 1. The third-order valence-electron chi connectivity index (χ3n) is 7.01. The summed E-state index contributed by atoms with van der Waals surface area (Å²) in [6.45, 7) is 3.48. The molecule has 1 aromatic carbocycles. The van der Waals surface area contributed by atoms with Crippen LogP contribution >= 0.6 is 0 Å². The molecule has 0 aliphatic heterocycles. The molecule has 0 unspecified atom stereocenters. The number of carboxylic acids is 1. The maximum Gasteiger partial charge on any atom is 0.243 e. The molecular weight excluding hydrogens is 527 g/mol. The fourth-order valence-corrected chi connectivity index (χ4v) is 4.61. The van der Waals surface area contributed by atoms with Gasteiger partial charge in [0.05, 0.1) is 25.1 Å².